The average Bonchev–Trinajstić information content (AvgIpc) is 3.11. The van der Waals surface area contributed by atoms with Gasteiger partial charge < -0.3 is 10.2 Å². The van der Waals surface area contributed by atoms with Crippen molar-refractivity contribution in [2.45, 2.75) is 38.5 Å². The van der Waals surface area contributed by atoms with E-state index in [0.717, 1.165) is 29.2 Å². The summed E-state index contributed by atoms with van der Waals surface area (Å²) in [5.41, 5.74) is -0.680. The van der Waals surface area contributed by atoms with E-state index >= 15 is 0 Å². The number of rotatable bonds is 3. The van der Waals surface area contributed by atoms with Gasteiger partial charge >= 0.3 is 6.18 Å². The van der Waals surface area contributed by atoms with E-state index in [1.54, 1.807) is 51.1 Å². The molecule has 1 unspecified atom stereocenters. The van der Waals surface area contributed by atoms with Crippen LogP contribution in [0.25, 0.3) is 10.9 Å². The Bertz CT molecular complexity index is 1250. The second-order valence-corrected chi connectivity index (χ2v) is 9.01. The molecule has 2 heterocycles. The molecule has 0 radical (unpaired) electrons. The zero-order valence-corrected chi connectivity index (χ0v) is 18.2. The molecule has 2 amide bonds. The van der Waals surface area contributed by atoms with E-state index in [-0.39, 0.29) is 11.3 Å². The monoisotopic (exact) mass is 457 g/mol. The van der Waals surface area contributed by atoms with Crippen molar-refractivity contribution in [1.82, 2.24) is 14.8 Å². The zero-order chi connectivity index (χ0) is 24.1. The van der Waals surface area contributed by atoms with E-state index in [2.05, 4.69) is 5.32 Å². The minimum atomic E-state index is -4.54. The quantitative estimate of drug-likeness (QED) is 0.633. The highest BCUT2D eigenvalue weighted by Gasteiger charge is 2.40. The first-order valence-electron chi connectivity index (χ1n) is 10.3. The maximum absolute atomic E-state index is 13.4. The standard InChI is InChI=1S/C24H22F3N3O3/c1-23(2,3)28-21(32)20(14-8-10-16(11-9-14)24(25,26)27)29-13-19(31)30-17-7-5-4-6-15(17)12-18(30)22(29)33/h4-12,20H,13H2,1-3H3,(H,28,32). The van der Waals surface area contributed by atoms with Gasteiger partial charge in [-0.3, -0.25) is 19.0 Å². The first kappa shape index (κ1) is 22.6. The lowest BCUT2D eigenvalue weighted by Gasteiger charge is -2.35. The summed E-state index contributed by atoms with van der Waals surface area (Å²) in [6.45, 7) is 4.84. The lowest BCUT2D eigenvalue weighted by molar-refractivity contribution is -0.137. The van der Waals surface area contributed by atoms with Gasteiger partial charge in [0, 0.05) is 10.9 Å². The van der Waals surface area contributed by atoms with Crippen LogP contribution in [0, 0.1) is 0 Å². The Balaban J connectivity index is 1.79. The van der Waals surface area contributed by atoms with E-state index in [0.29, 0.717) is 10.9 Å². The second kappa shape index (κ2) is 7.75. The van der Waals surface area contributed by atoms with Gasteiger partial charge in [0.2, 0.25) is 5.91 Å². The molecule has 0 bridgehead atoms. The molecule has 1 atom stereocenters. The third kappa shape index (κ3) is 4.22. The Morgan fingerprint density at radius 1 is 1.00 bits per heavy atom. The van der Waals surface area contributed by atoms with Gasteiger partial charge in [-0.25, -0.2) is 0 Å². The molecule has 0 spiro atoms. The molecule has 6 nitrogen and oxygen atoms in total. The number of nitrogens with zero attached hydrogens (tertiary/aromatic N) is 2. The Hall–Kier alpha value is -3.62. The first-order valence-corrected chi connectivity index (χ1v) is 10.3. The fourth-order valence-corrected chi connectivity index (χ4v) is 3.99. The van der Waals surface area contributed by atoms with E-state index in [9.17, 15) is 27.6 Å². The third-order valence-electron chi connectivity index (χ3n) is 5.36. The minimum Gasteiger partial charge on any atom is -0.349 e. The number of aromatic nitrogens is 1. The SMILES string of the molecule is CC(C)(C)NC(=O)C(c1ccc(C(F)(F)F)cc1)N1CC(=O)n2c(cc3ccccc32)C1=O. The first-order chi connectivity index (χ1) is 15.4. The lowest BCUT2D eigenvalue weighted by atomic mass is 9.99. The Morgan fingerprint density at radius 3 is 2.24 bits per heavy atom. The van der Waals surface area contributed by atoms with Crippen molar-refractivity contribution in [3.63, 3.8) is 0 Å². The van der Waals surface area contributed by atoms with E-state index < -0.39 is 47.6 Å². The van der Waals surface area contributed by atoms with Crippen molar-refractivity contribution in [2.24, 2.45) is 0 Å². The number of carbonyl (C=O) groups is 3. The predicted molar refractivity (Wildman–Crippen MR) is 116 cm³/mol. The summed E-state index contributed by atoms with van der Waals surface area (Å²) in [7, 11) is 0. The summed E-state index contributed by atoms with van der Waals surface area (Å²) in [6.07, 6.45) is -4.54. The average molecular weight is 457 g/mol. The van der Waals surface area contributed by atoms with Gasteiger partial charge in [-0.1, -0.05) is 30.3 Å². The molecule has 1 aliphatic heterocycles. The molecular formula is C24H22F3N3O3. The number of carbonyl (C=O) groups excluding carboxylic acids is 3. The topological polar surface area (TPSA) is 71.4 Å². The molecule has 1 aliphatic rings. The molecule has 0 saturated carbocycles. The smallest absolute Gasteiger partial charge is 0.349 e. The molecule has 1 N–H and O–H groups in total. The number of fused-ring (bicyclic) bond motifs is 3. The van der Waals surface area contributed by atoms with Gasteiger partial charge in [0.25, 0.3) is 11.8 Å². The molecule has 2 aromatic carbocycles. The van der Waals surface area contributed by atoms with Gasteiger partial charge in [-0.15, -0.1) is 0 Å². The summed E-state index contributed by atoms with van der Waals surface area (Å²) in [5.74, 6) is -1.56. The third-order valence-corrected chi connectivity index (χ3v) is 5.36. The highest BCUT2D eigenvalue weighted by molar-refractivity contribution is 6.10. The predicted octanol–water partition coefficient (Wildman–Crippen LogP) is 4.41. The van der Waals surface area contributed by atoms with Crippen molar-refractivity contribution in [2.75, 3.05) is 6.54 Å². The number of alkyl halides is 3. The van der Waals surface area contributed by atoms with Crippen molar-refractivity contribution < 1.29 is 27.6 Å². The van der Waals surface area contributed by atoms with Crippen molar-refractivity contribution in [3.05, 3.63) is 71.4 Å². The number of hydrogen-bond acceptors (Lipinski definition) is 3. The molecular weight excluding hydrogens is 435 g/mol. The van der Waals surface area contributed by atoms with Crippen LogP contribution in [0.4, 0.5) is 13.2 Å². The number of hydrogen-bond donors (Lipinski definition) is 1. The maximum Gasteiger partial charge on any atom is 0.416 e. The maximum atomic E-state index is 13.4. The summed E-state index contributed by atoms with van der Waals surface area (Å²) in [5, 5.41) is 3.47. The Labute approximate surface area is 188 Å². The molecule has 33 heavy (non-hydrogen) atoms. The molecule has 1 aromatic heterocycles. The van der Waals surface area contributed by atoms with Gasteiger partial charge in [-0.05, 0) is 50.6 Å². The van der Waals surface area contributed by atoms with Gasteiger partial charge in [0.1, 0.15) is 18.3 Å². The largest absolute Gasteiger partial charge is 0.416 e. The summed E-state index contributed by atoms with van der Waals surface area (Å²) < 4.78 is 40.5. The summed E-state index contributed by atoms with van der Waals surface area (Å²) in [6, 6.07) is 11.4. The van der Waals surface area contributed by atoms with Crippen molar-refractivity contribution in [3.8, 4) is 0 Å². The van der Waals surface area contributed by atoms with Crippen LogP contribution in [0.2, 0.25) is 0 Å². The molecule has 9 heteroatoms. The molecule has 172 valence electrons. The Morgan fingerprint density at radius 2 is 1.64 bits per heavy atom. The normalized spacial score (nSPS) is 15.5. The van der Waals surface area contributed by atoms with Crippen LogP contribution in [-0.4, -0.2) is 39.3 Å². The molecule has 0 aliphatic carbocycles. The highest BCUT2D eigenvalue weighted by Crippen LogP contribution is 2.33. The minimum absolute atomic E-state index is 0.105. The van der Waals surface area contributed by atoms with Crippen LogP contribution in [0.3, 0.4) is 0 Å². The van der Waals surface area contributed by atoms with Crippen LogP contribution in [0.15, 0.2) is 54.6 Å². The van der Waals surface area contributed by atoms with Crippen LogP contribution in [0.1, 0.15) is 53.2 Å². The van der Waals surface area contributed by atoms with Crippen LogP contribution >= 0.6 is 0 Å². The number of amides is 2. The van der Waals surface area contributed by atoms with E-state index in [1.165, 1.54) is 4.57 Å². The Kier molecular flexibility index (Phi) is 5.30. The van der Waals surface area contributed by atoms with Gasteiger partial charge in [0.15, 0.2) is 0 Å². The zero-order valence-electron chi connectivity index (χ0n) is 18.2. The van der Waals surface area contributed by atoms with Crippen LogP contribution < -0.4 is 5.32 Å². The molecule has 0 saturated heterocycles. The van der Waals surface area contributed by atoms with E-state index in [1.807, 2.05) is 0 Å². The van der Waals surface area contributed by atoms with E-state index in [4.69, 9.17) is 0 Å². The van der Waals surface area contributed by atoms with Gasteiger partial charge in [-0.2, -0.15) is 13.2 Å². The van der Waals surface area contributed by atoms with Gasteiger partial charge in [0.05, 0.1) is 11.1 Å². The number of nitrogens with one attached hydrogen (secondary N) is 1. The fraction of sp³-hybridized carbons (Fsp3) is 0.292. The second-order valence-electron chi connectivity index (χ2n) is 9.01. The number of halogens is 3. The van der Waals surface area contributed by atoms with Crippen molar-refractivity contribution in [1.29, 1.82) is 0 Å². The number of para-hydroxylation sites is 1. The molecule has 4 rings (SSSR count). The fourth-order valence-electron chi connectivity index (χ4n) is 3.99. The molecule has 3 aromatic rings. The molecule has 0 fully saturated rings. The number of benzene rings is 2. The van der Waals surface area contributed by atoms with Crippen LogP contribution in [0.5, 0.6) is 0 Å². The summed E-state index contributed by atoms with van der Waals surface area (Å²) >= 11 is 0. The highest BCUT2D eigenvalue weighted by atomic mass is 19.4. The van der Waals surface area contributed by atoms with Crippen LogP contribution in [-0.2, 0) is 11.0 Å². The van der Waals surface area contributed by atoms with Crippen molar-refractivity contribution >= 4 is 28.6 Å². The summed E-state index contributed by atoms with van der Waals surface area (Å²) in [4.78, 5) is 40.8. The lowest BCUT2D eigenvalue weighted by Crippen LogP contribution is -2.53.